The molecule has 0 atom stereocenters. The number of hydrogen-bond donors (Lipinski definition) is 0. The molecule has 2 amide bonds. The van der Waals surface area contributed by atoms with E-state index in [-0.39, 0.29) is 17.9 Å². The van der Waals surface area contributed by atoms with Crippen LogP contribution in [0, 0.1) is 0 Å². The molecule has 0 bridgehead atoms. The van der Waals surface area contributed by atoms with E-state index in [9.17, 15) is 9.59 Å². The summed E-state index contributed by atoms with van der Waals surface area (Å²) in [6.07, 6.45) is 5.16. The van der Waals surface area contributed by atoms with Crippen LogP contribution >= 0.6 is 0 Å². The molecule has 3 aliphatic rings. The second-order valence-corrected chi connectivity index (χ2v) is 7.99. The van der Waals surface area contributed by atoms with Crippen molar-refractivity contribution in [2.24, 2.45) is 0 Å². The van der Waals surface area contributed by atoms with Crippen LogP contribution < -0.4 is 4.74 Å². The maximum absolute atomic E-state index is 13.6. The number of benzene rings is 1. The van der Waals surface area contributed by atoms with E-state index < -0.39 is 0 Å². The van der Waals surface area contributed by atoms with Crippen molar-refractivity contribution in [1.82, 2.24) is 14.7 Å². The number of imide groups is 1. The molecule has 1 saturated heterocycles. The Hall–Kier alpha value is -2.34. The summed E-state index contributed by atoms with van der Waals surface area (Å²) in [5.74, 6) is 0.355. The normalized spacial score (nSPS) is 22.4. The lowest BCUT2D eigenvalue weighted by Crippen LogP contribution is -2.47. The highest BCUT2D eigenvalue weighted by Gasteiger charge is 2.45. The number of nitrogens with zero attached hydrogens (tertiary/aromatic N) is 3. The molecule has 6 heteroatoms. The van der Waals surface area contributed by atoms with Gasteiger partial charge in [-0.1, -0.05) is 37.5 Å². The summed E-state index contributed by atoms with van der Waals surface area (Å²) in [7, 11) is 3.69. The molecular weight excluding hydrogens is 354 g/mol. The Morgan fingerprint density at radius 2 is 1.61 bits per heavy atom. The minimum absolute atomic E-state index is 0.0171. The highest BCUT2D eigenvalue weighted by atomic mass is 16.5. The van der Waals surface area contributed by atoms with Crippen LogP contribution in [0.25, 0.3) is 5.57 Å². The van der Waals surface area contributed by atoms with Crippen LogP contribution in [-0.2, 0) is 9.59 Å². The summed E-state index contributed by atoms with van der Waals surface area (Å²) >= 11 is 0. The molecule has 2 heterocycles. The van der Waals surface area contributed by atoms with Crippen molar-refractivity contribution >= 4 is 17.4 Å². The third-order valence-electron chi connectivity index (χ3n) is 6.23. The predicted octanol–water partition coefficient (Wildman–Crippen LogP) is 2.36. The topological polar surface area (TPSA) is 53.1 Å². The Morgan fingerprint density at radius 1 is 0.929 bits per heavy atom. The zero-order chi connectivity index (χ0) is 19.7. The van der Waals surface area contributed by atoms with Crippen molar-refractivity contribution in [3.63, 3.8) is 0 Å². The summed E-state index contributed by atoms with van der Waals surface area (Å²) < 4.78 is 5.53. The van der Waals surface area contributed by atoms with Crippen LogP contribution in [0.15, 0.2) is 30.0 Å². The highest BCUT2D eigenvalue weighted by Crippen LogP contribution is 2.39. The first-order chi connectivity index (χ1) is 13.6. The first-order valence-corrected chi connectivity index (χ1v) is 10.3. The quantitative estimate of drug-likeness (QED) is 0.747. The molecule has 28 heavy (non-hydrogen) atoms. The fourth-order valence-electron chi connectivity index (χ4n) is 4.62. The van der Waals surface area contributed by atoms with E-state index in [4.69, 9.17) is 4.74 Å². The van der Waals surface area contributed by atoms with E-state index in [2.05, 4.69) is 16.8 Å². The lowest BCUT2D eigenvalue weighted by atomic mass is 9.94. The molecule has 4 rings (SSSR count). The molecule has 1 saturated carbocycles. The summed E-state index contributed by atoms with van der Waals surface area (Å²) in [5, 5.41) is 0. The van der Waals surface area contributed by atoms with Gasteiger partial charge in [-0.05, 0) is 26.0 Å². The van der Waals surface area contributed by atoms with Gasteiger partial charge in [-0.3, -0.25) is 14.5 Å². The average molecular weight is 383 g/mol. The largest absolute Gasteiger partial charge is 0.496 e. The SMILES string of the molecule is COc1ccccc1C1=C(N2CCN(C)CC2)C(=O)N(C2CCCCC2)C1=O. The van der Waals surface area contributed by atoms with Crippen LogP contribution in [0.3, 0.4) is 0 Å². The minimum Gasteiger partial charge on any atom is -0.496 e. The Labute approximate surface area is 166 Å². The minimum atomic E-state index is -0.157. The second kappa shape index (κ2) is 7.95. The van der Waals surface area contributed by atoms with E-state index >= 15 is 0 Å². The summed E-state index contributed by atoms with van der Waals surface area (Å²) in [5.41, 5.74) is 1.79. The number of carbonyl (C=O) groups excluding carboxylic acids is 2. The highest BCUT2D eigenvalue weighted by molar-refractivity contribution is 6.36. The molecule has 0 N–H and O–H groups in total. The van der Waals surface area contributed by atoms with Gasteiger partial charge < -0.3 is 14.5 Å². The van der Waals surface area contributed by atoms with Gasteiger partial charge in [-0.25, -0.2) is 0 Å². The first kappa shape index (κ1) is 19.0. The van der Waals surface area contributed by atoms with Gasteiger partial charge in [-0.2, -0.15) is 0 Å². The number of para-hydroxylation sites is 1. The lowest BCUT2D eigenvalue weighted by molar-refractivity contribution is -0.141. The molecule has 1 aromatic carbocycles. The van der Waals surface area contributed by atoms with E-state index in [0.29, 0.717) is 17.0 Å². The Morgan fingerprint density at radius 3 is 2.29 bits per heavy atom. The zero-order valence-electron chi connectivity index (χ0n) is 16.8. The van der Waals surface area contributed by atoms with E-state index in [0.717, 1.165) is 57.4 Å². The predicted molar refractivity (Wildman–Crippen MR) is 108 cm³/mol. The third kappa shape index (κ3) is 3.30. The number of carbonyl (C=O) groups is 2. The van der Waals surface area contributed by atoms with Crippen molar-refractivity contribution in [3.05, 3.63) is 35.5 Å². The standard InChI is InChI=1S/C22H29N3O3/c1-23-12-14-24(15-13-23)20-19(17-10-6-7-11-18(17)28-2)21(26)25(22(20)27)16-8-4-3-5-9-16/h6-7,10-11,16H,3-5,8-9,12-15H2,1-2H3. The average Bonchev–Trinajstić information content (AvgIpc) is 2.99. The van der Waals surface area contributed by atoms with Crippen LogP contribution in [0.2, 0.25) is 0 Å². The fourth-order valence-corrected chi connectivity index (χ4v) is 4.62. The molecule has 6 nitrogen and oxygen atoms in total. The van der Waals surface area contributed by atoms with Crippen LogP contribution in [0.4, 0.5) is 0 Å². The first-order valence-electron chi connectivity index (χ1n) is 10.3. The van der Waals surface area contributed by atoms with Gasteiger partial charge in [0, 0.05) is 37.8 Å². The van der Waals surface area contributed by atoms with Gasteiger partial charge in [0.15, 0.2) is 0 Å². The summed E-state index contributed by atoms with van der Waals surface area (Å²) in [4.78, 5) is 33.0. The molecule has 0 aromatic heterocycles. The van der Waals surface area contributed by atoms with Gasteiger partial charge in [0.25, 0.3) is 11.8 Å². The number of ether oxygens (including phenoxy) is 1. The van der Waals surface area contributed by atoms with E-state index in [1.165, 1.54) is 6.42 Å². The van der Waals surface area contributed by atoms with Gasteiger partial charge >= 0.3 is 0 Å². The summed E-state index contributed by atoms with van der Waals surface area (Å²) in [6, 6.07) is 7.54. The number of rotatable bonds is 4. The van der Waals surface area contributed by atoms with E-state index in [1.807, 2.05) is 24.3 Å². The number of methoxy groups -OCH3 is 1. The van der Waals surface area contributed by atoms with Gasteiger partial charge in [-0.15, -0.1) is 0 Å². The van der Waals surface area contributed by atoms with Crippen molar-refractivity contribution < 1.29 is 14.3 Å². The molecule has 0 spiro atoms. The molecule has 1 aromatic rings. The van der Waals surface area contributed by atoms with Crippen molar-refractivity contribution in [1.29, 1.82) is 0 Å². The molecule has 0 radical (unpaired) electrons. The smallest absolute Gasteiger partial charge is 0.278 e. The molecular formula is C22H29N3O3. The van der Waals surface area contributed by atoms with Crippen molar-refractivity contribution in [2.75, 3.05) is 40.3 Å². The van der Waals surface area contributed by atoms with Gasteiger partial charge in [0.2, 0.25) is 0 Å². The molecule has 2 fully saturated rings. The molecule has 2 aliphatic heterocycles. The van der Waals surface area contributed by atoms with Gasteiger partial charge in [0.1, 0.15) is 11.4 Å². The number of amides is 2. The second-order valence-electron chi connectivity index (χ2n) is 7.99. The maximum Gasteiger partial charge on any atom is 0.278 e. The van der Waals surface area contributed by atoms with Gasteiger partial charge in [0.05, 0.1) is 12.7 Å². The Kier molecular flexibility index (Phi) is 5.40. The zero-order valence-corrected chi connectivity index (χ0v) is 16.8. The Balaban J connectivity index is 1.77. The van der Waals surface area contributed by atoms with Crippen LogP contribution in [0.1, 0.15) is 37.7 Å². The number of piperazine rings is 1. The van der Waals surface area contributed by atoms with Crippen molar-refractivity contribution in [3.8, 4) is 5.75 Å². The molecule has 150 valence electrons. The number of likely N-dealkylation sites (N-methyl/N-ethyl adjacent to an activating group) is 1. The molecule has 1 aliphatic carbocycles. The lowest BCUT2D eigenvalue weighted by Gasteiger charge is -2.35. The Bertz CT molecular complexity index is 790. The van der Waals surface area contributed by atoms with Crippen LogP contribution in [-0.4, -0.2) is 72.9 Å². The van der Waals surface area contributed by atoms with Crippen LogP contribution in [0.5, 0.6) is 5.75 Å². The fraction of sp³-hybridized carbons (Fsp3) is 0.545. The monoisotopic (exact) mass is 383 g/mol. The molecule has 0 unspecified atom stereocenters. The van der Waals surface area contributed by atoms with Crippen molar-refractivity contribution in [2.45, 2.75) is 38.1 Å². The van der Waals surface area contributed by atoms with E-state index in [1.54, 1.807) is 12.0 Å². The summed E-state index contributed by atoms with van der Waals surface area (Å²) in [6.45, 7) is 3.27. The third-order valence-corrected chi connectivity index (χ3v) is 6.23. The maximum atomic E-state index is 13.6. The number of hydrogen-bond acceptors (Lipinski definition) is 5.